The fourth-order valence-corrected chi connectivity index (χ4v) is 1.70. The van der Waals surface area contributed by atoms with E-state index in [1.165, 1.54) is 5.56 Å². The fourth-order valence-electron chi connectivity index (χ4n) is 1.70. The predicted octanol–water partition coefficient (Wildman–Crippen LogP) is 2.95. The second kappa shape index (κ2) is 5.74. The Bertz CT molecular complexity index is 503. The summed E-state index contributed by atoms with van der Waals surface area (Å²) in [6.45, 7) is 7.12. The van der Waals surface area contributed by atoms with Crippen molar-refractivity contribution in [2.75, 3.05) is 0 Å². The van der Waals surface area contributed by atoms with Gasteiger partial charge in [-0.15, -0.1) is 0 Å². The first-order valence-corrected chi connectivity index (χ1v) is 6.25. The maximum absolute atomic E-state index is 4.32. The van der Waals surface area contributed by atoms with E-state index in [-0.39, 0.29) is 0 Å². The Morgan fingerprint density at radius 1 is 1.11 bits per heavy atom. The number of nitrogens with one attached hydrogen (secondary N) is 1. The summed E-state index contributed by atoms with van der Waals surface area (Å²) < 4.78 is 0. The molecular weight excluding hydrogens is 222 g/mol. The van der Waals surface area contributed by atoms with Gasteiger partial charge in [0.05, 0.1) is 0 Å². The summed E-state index contributed by atoms with van der Waals surface area (Å²) in [5.74, 6) is 0. The largest absolute Gasteiger partial charge is 0.310 e. The zero-order valence-corrected chi connectivity index (χ0v) is 11.1. The van der Waals surface area contributed by atoms with Crippen molar-refractivity contribution in [2.45, 2.75) is 33.4 Å². The lowest BCUT2D eigenvalue weighted by Gasteiger charge is -2.09. The number of hydrogen-bond donors (Lipinski definition) is 1. The van der Waals surface area contributed by atoms with Gasteiger partial charge >= 0.3 is 0 Å². The number of rotatable bonds is 4. The Balaban J connectivity index is 2.18. The van der Waals surface area contributed by atoms with Crippen molar-refractivity contribution >= 4 is 0 Å². The third kappa shape index (κ3) is 3.37. The van der Waals surface area contributed by atoms with Crippen LogP contribution in [0.1, 0.15) is 25.1 Å². The average molecular weight is 241 g/mol. The van der Waals surface area contributed by atoms with Gasteiger partial charge in [-0.1, -0.05) is 19.9 Å². The molecule has 94 valence electrons. The van der Waals surface area contributed by atoms with Crippen molar-refractivity contribution in [1.82, 2.24) is 15.3 Å². The maximum atomic E-state index is 4.32. The Hall–Kier alpha value is -1.74. The highest BCUT2D eigenvalue weighted by Crippen LogP contribution is 2.18. The zero-order valence-electron chi connectivity index (χ0n) is 11.1. The molecule has 0 aliphatic carbocycles. The molecule has 1 N–H and O–H groups in total. The Morgan fingerprint density at radius 2 is 1.94 bits per heavy atom. The molecule has 18 heavy (non-hydrogen) atoms. The Kier molecular flexibility index (Phi) is 4.05. The predicted molar refractivity (Wildman–Crippen MR) is 74.2 cm³/mol. The molecule has 0 atom stereocenters. The summed E-state index contributed by atoms with van der Waals surface area (Å²) in [6.07, 6.45) is 5.68. The lowest BCUT2D eigenvalue weighted by Crippen LogP contribution is -2.21. The normalized spacial score (nSPS) is 10.9. The first-order chi connectivity index (χ1) is 8.65. The van der Waals surface area contributed by atoms with Crippen molar-refractivity contribution in [3.05, 3.63) is 48.0 Å². The molecule has 0 unspecified atom stereocenters. The number of aryl methyl sites for hydroxylation is 1. The summed E-state index contributed by atoms with van der Waals surface area (Å²) in [4.78, 5) is 8.61. The minimum Gasteiger partial charge on any atom is -0.310 e. The maximum Gasteiger partial charge on any atom is 0.0373 e. The average Bonchev–Trinajstić information content (AvgIpc) is 2.37. The van der Waals surface area contributed by atoms with E-state index in [0.717, 1.165) is 23.4 Å². The van der Waals surface area contributed by atoms with Crippen LogP contribution >= 0.6 is 0 Å². The molecule has 0 aromatic carbocycles. The molecule has 2 aromatic heterocycles. The third-order valence-corrected chi connectivity index (χ3v) is 2.75. The van der Waals surface area contributed by atoms with Crippen molar-refractivity contribution in [1.29, 1.82) is 0 Å². The van der Waals surface area contributed by atoms with Gasteiger partial charge in [0.25, 0.3) is 0 Å². The van der Waals surface area contributed by atoms with Gasteiger partial charge in [-0.25, -0.2) is 0 Å². The summed E-state index contributed by atoms with van der Waals surface area (Å²) in [7, 11) is 0. The van der Waals surface area contributed by atoms with Crippen LogP contribution in [0.25, 0.3) is 11.1 Å². The van der Waals surface area contributed by atoms with Crippen molar-refractivity contribution < 1.29 is 0 Å². The fraction of sp³-hybridized carbons (Fsp3) is 0.333. The van der Waals surface area contributed by atoms with Crippen LogP contribution in [0.15, 0.2) is 36.8 Å². The standard InChI is InChI=1S/C15H19N3/c1-11(2)17-8-13-6-15(9-16-7-13)14-5-4-12(3)18-10-14/h4-7,9-11,17H,8H2,1-3H3. The molecule has 0 bridgehead atoms. The molecule has 0 saturated carbocycles. The molecule has 0 aliphatic rings. The lowest BCUT2D eigenvalue weighted by atomic mass is 10.1. The molecule has 0 saturated heterocycles. The first kappa shape index (κ1) is 12.7. The summed E-state index contributed by atoms with van der Waals surface area (Å²) >= 11 is 0. The van der Waals surface area contributed by atoms with E-state index in [1.807, 2.05) is 31.6 Å². The van der Waals surface area contributed by atoms with Gasteiger partial charge in [0, 0.05) is 48.0 Å². The second-order valence-corrected chi connectivity index (χ2v) is 4.81. The van der Waals surface area contributed by atoms with Gasteiger partial charge in [0.2, 0.25) is 0 Å². The lowest BCUT2D eigenvalue weighted by molar-refractivity contribution is 0.588. The highest BCUT2D eigenvalue weighted by atomic mass is 14.9. The van der Waals surface area contributed by atoms with Gasteiger partial charge in [-0.05, 0) is 24.6 Å². The van der Waals surface area contributed by atoms with Crippen molar-refractivity contribution in [3.63, 3.8) is 0 Å². The van der Waals surface area contributed by atoms with Crippen LogP contribution in [0.4, 0.5) is 0 Å². The van der Waals surface area contributed by atoms with Gasteiger partial charge in [0.1, 0.15) is 0 Å². The molecule has 2 rings (SSSR count). The van der Waals surface area contributed by atoms with E-state index >= 15 is 0 Å². The SMILES string of the molecule is Cc1ccc(-c2cncc(CNC(C)C)c2)cn1. The first-order valence-electron chi connectivity index (χ1n) is 6.25. The minimum absolute atomic E-state index is 0.481. The Morgan fingerprint density at radius 3 is 2.61 bits per heavy atom. The van der Waals surface area contributed by atoms with Gasteiger partial charge in [-0.2, -0.15) is 0 Å². The van der Waals surface area contributed by atoms with Gasteiger partial charge in [-0.3, -0.25) is 9.97 Å². The Labute approximate surface area is 108 Å². The van der Waals surface area contributed by atoms with E-state index in [1.54, 1.807) is 0 Å². The molecule has 0 aliphatic heterocycles. The molecular formula is C15H19N3. The minimum atomic E-state index is 0.481. The van der Waals surface area contributed by atoms with Gasteiger partial charge < -0.3 is 5.32 Å². The molecule has 0 spiro atoms. The van der Waals surface area contributed by atoms with E-state index < -0.39 is 0 Å². The van der Waals surface area contributed by atoms with E-state index in [9.17, 15) is 0 Å². The second-order valence-electron chi connectivity index (χ2n) is 4.81. The van der Waals surface area contributed by atoms with Crippen LogP contribution in [0.2, 0.25) is 0 Å². The van der Waals surface area contributed by atoms with Crippen LogP contribution in [0.5, 0.6) is 0 Å². The van der Waals surface area contributed by atoms with Crippen LogP contribution < -0.4 is 5.32 Å². The molecule has 0 amide bonds. The molecule has 3 nitrogen and oxygen atoms in total. The molecule has 2 heterocycles. The molecule has 0 radical (unpaired) electrons. The topological polar surface area (TPSA) is 37.8 Å². The molecule has 0 fully saturated rings. The van der Waals surface area contributed by atoms with E-state index in [4.69, 9.17) is 0 Å². The summed E-state index contributed by atoms with van der Waals surface area (Å²) in [6, 6.07) is 6.75. The third-order valence-electron chi connectivity index (χ3n) is 2.75. The molecule has 2 aromatic rings. The quantitative estimate of drug-likeness (QED) is 0.894. The van der Waals surface area contributed by atoms with Crippen molar-refractivity contribution in [3.8, 4) is 11.1 Å². The smallest absolute Gasteiger partial charge is 0.0373 e. The summed E-state index contributed by atoms with van der Waals surface area (Å²) in [5.41, 5.74) is 4.45. The van der Waals surface area contributed by atoms with E-state index in [0.29, 0.717) is 6.04 Å². The number of nitrogens with zero attached hydrogens (tertiary/aromatic N) is 2. The number of pyridine rings is 2. The van der Waals surface area contributed by atoms with Crippen LogP contribution in [0.3, 0.4) is 0 Å². The van der Waals surface area contributed by atoms with Crippen LogP contribution in [0, 0.1) is 6.92 Å². The monoisotopic (exact) mass is 241 g/mol. The number of aromatic nitrogens is 2. The van der Waals surface area contributed by atoms with E-state index in [2.05, 4.69) is 41.3 Å². The number of hydrogen-bond acceptors (Lipinski definition) is 3. The van der Waals surface area contributed by atoms with Gasteiger partial charge in [0.15, 0.2) is 0 Å². The zero-order chi connectivity index (χ0) is 13.0. The highest BCUT2D eigenvalue weighted by Gasteiger charge is 2.01. The van der Waals surface area contributed by atoms with Crippen molar-refractivity contribution in [2.24, 2.45) is 0 Å². The molecule has 3 heteroatoms. The van der Waals surface area contributed by atoms with Crippen LogP contribution in [-0.2, 0) is 6.54 Å². The summed E-state index contributed by atoms with van der Waals surface area (Å²) in [5, 5.41) is 3.39. The highest BCUT2D eigenvalue weighted by molar-refractivity contribution is 5.61. The van der Waals surface area contributed by atoms with Crippen LogP contribution in [-0.4, -0.2) is 16.0 Å².